The average molecular weight is 422 g/mol. The summed E-state index contributed by atoms with van der Waals surface area (Å²) in [6, 6.07) is 9.67. The fourth-order valence-corrected chi connectivity index (χ4v) is 6.24. The molecule has 1 unspecified atom stereocenters. The molecular weight excluding hydrogens is 397 g/mol. The Balaban J connectivity index is 2.59. The van der Waals surface area contributed by atoms with Crippen LogP contribution in [0, 0.1) is 0 Å². The molecule has 6 nitrogen and oxygen atoms in total. The van der Waals surface area contributed by atoms with Crippen LogP contribution in [-0.2, 0) is 16.6 Å². The number of para-hydroxylation sites is 1. The number of amides is 1. The first-order valence-corrected chi connectivity index (χ1v) is 12.8. The van der Waals surface area contributed by atoms with Crippen molar-refractivity contribution >= 4 is 53.1 Å². The zero-order valence-corrected chi connectivity index (χ0v) is 18.3. The molecule has 0 fully saturated rings. The van der Waals surface area contributed by atoms with Crippen LogP contribution in [0.5, 0.6) is 5.75 Å². The van der Waals surface area contributed by atoms with Crippen LogP contribution in [0.2, 0.25) is 0 Å². The fraction of sp³-hybridized carbons (Fsp3) is 0.467. The number of nitrogens with one attached hydrogen (secondary N) is 1. The number of hydrogen-bond acceptors (Lipinski definition) is 7. The van der Waals surface area contributed by atoms with Gasteiger partial charge in [-0.05, 0) is 62.9 Å². The second-order valence-electron chi connectivity index (χ2n) is 5.25. The molecule has 0 spiro atoms. The SMILES string of the molecule is CSC(C)=NOC(=O)NCSN(C(C)C)P(C)(=S)Oc1ccccc1. The monoisotopic (exact) mass is 421 g/mol. The van der Waals surface area contributed by atoms with Crippen LogP contribution in [-0.4, -0.2) is 40.1 Å². The van der Waals surface area contributed by atoms with Crippen molar-refractivity contribution in [2.24, 2.45) is 5.16 Å². The molecule has 0 saturated heterocycles. The Bertz CT molecular complexity index is 629. The number of nitrogens with zero attached hydrogens (tertiary/aromatic N) is 2. The van der Waals surface area contributed by atoms with Gasteiger partial charge < -0.3 is 9.84 Å². The lowest BCUT2D eigenvalue weighted by Crippen LogP contribution is -2.28. The summed E-state index contributed by atoms with van der Waals surface area (Å²) in [6.45, 7) is 7.76. The van der Waals surface area contributed by atoms with Crippen LogP contribution in [0.25, 0.3) is 0 Å². The number of thioether (sulfide) groups is 1. The quantitative estimate of drug-likeness (QED) is 0.124. The van der Waals surface area contributed by atoms with E-state index < -0.39 is 12.5 Å². The fourth-order valence-electron chi connectivity index (χ4n) is 1.72. The van der Waals surface area contributed by atoms with Gasteiger partial charge in [-0.1, -0.05) is 23.4 Å². The van der Waals surface area contributed by atoms with E-state index in [9.17, 15) is 4.79 Å². The van der Waals surface area contributed by atoms with Crippen LogP contribution in [0.4, 0.5) is 4.79 Å². The van der Waals surface area contributed by atoms with Crippen molar-refractivity contribution in [1.29, 1.82) is 0 Å². The van der Waals surface area contributed by atoms with Crippen LogP contribution in [0.15, 0.2) is 35.5 Å². The van der Waals surface area contributed by atoms with Gasteiger partial charge in [0.1, 0.15) is 10.8 Å². The molecule has 1 N–H and O–H groups in total. The van der Waals surface area contributed by atoms with E-state index in [1.54, 1.807) is 6.92 Å². The Hall–Kier alpha value is -0.730. The summed E-state index contributed by atoms with van der Waals surface area (Å²) >= 11 is 8.55. The number of hydrogen-bond donors (Lipinski definition) is 1. The van der Waals surface area contributed by atoms with Crippen molar-refractivity contribution in [3.05, 3.63) is 30.3 Å². The van der Waals surface area contributed by atoms with Gasteiger partial charge in [0.15, 0.2) is 6.42 Å². The van der Waals surface area contributed by atoms with E-state index in [0.29, 0.717) is 10.9 Å². The molecule has 1 atom stereocenters. The lowest BCUT2D eigenvalue weighted by molar-refractivity contribution is 0.153. The van der Waals surface area contributed by atoms with E-state index in [4.69, 9.17) is 21.2 Å². The minimum absolute atomic E-state index is 0.152. The van der Waals surface area contributed by atoms with Crippen molar-refractivity contribution in [2.75, 3.05) is 18.8 Å². The van der Waals surface area contributed by atoms with Crippen LogP contribution in [0.1, 0.15) is 20.8 Å². The van der Waals surface area contributed by atoms with Crippen molar-refractivity contribution in [2.45, 2.75) is 26.8 Å². The predicted molar refractivity (Wildman–Crippen MR) is 113 cm³/mol. The molecule has 10 heteroatoms. The van der Waals surface area contributed by atoms with E-state index in [1.165, 1.54) is 23.7 Å². The summed E-state index contributed by atoms with van der Waals surface area (Å²) in [5.41, 5.74) is 0. The smallest absolute Gasteiger partial charge is 0.434 e. The minimum atomic E-state index is -2.27. The lowest BCUT2D eigenvalue weighted by Gasteiger charge is -2.33. The Morgan fingerprint density at radius 2 is 2.04 bits per heavy atom. The summed E-state index contributed by atoms with van der Waals surface area (Å²) in [6.07, 6.45) is -1.01. The number of carbonyl (C=O) groups excluding carboxylic acids is 1. The van der Waals surface area contributed by atoms with Gasteiger partial charge in [-0.3, -0.25) is 4.84 Å². The lowest BCUT2D eigenvalue weighted by atomic mass is 10.3. The molecule has 0 aromatic heterocycles. The van der Waals surface area contributed by atoms with Gasteiger partial charge in [0.25, 0.3) is 0 Å². The van der Waals surface area contributed by atoms with Gasteiger partial charge in [-0.2, -0.15) is 4.08 Å². The standard InChI is InChI=1S/C15H24N3O3PS3/c1-12(2)18(22(4,23)21-14-9-7-6-8-10-14)25-11-16-15(19)20-17-13(3)24-5/h6-10,12H,11H2,1-5H3,(H,16,19). The van der Waals surface area contributed by atoms with Crippen LogP contribution >= 0.6 is 30.1 Å². The molecular formula is C15H24N3O3PS3. The number of benzene rings is 1. The molecule has 0 aliphatic heterocycles. The highest BCUT2D eigenvalue weighted by Crippen LogP contribution is 2.52. The predicted octanol–water partition coefficient (Wildman–Crippen LogP) is 4.74. The molecule has 0 radical (unpaired) electrons. The molecule has 0 aliphatic rings. The molecule has 0 heterocycles. The third-order valence-electron chi connectivity index (χ3n) is 2.78. The normalized spacial score (nSPS) is 14.3. The molecule has 0 bridgehead atoms. The van der Waals surface area contributed by atoms with Gasteiger partial charge in [-0.15, -0.1) is 11.8 Å². The molecule has 0 saturated carbocycles. The number of oxime groups is 1. The number of carbonyl (C=O) groups is 1. The summed E-state index contributed by atoms with van der Waals surface area (Å²) in [5, 5.41) is 7.00. The summed E-state index contributed by atoms with van der Waals surface area (Å²) in [4.78, 5) is 16.4. The first-order chi connectivity index (χ1) is 11.8. The van der Waals surface area contributed by atoms with Gasteiger partial charge >= 0.3 is 6.09 Å². The van der Waals surface area contributed by atoms with E-state index in [0.717, 1.165) is 5.75 Å². The maximum absolute atomic E-state index is 11.6. The molecule has 1 rings (SSSR count). The Kier molecular flexibility index (Phi) is 9.89. The summed E-state index contributed by atoms with van der Waals surface area (Å²) < 4.78 is 8.06. The van der Waals surface area contributed by atoms with E-state index in [1.807, 2.05) is 61.2 Å². The van der Waals surface area contributed by atoms with Crippen molar-refractivity contribution in [1.82, 2.24) is 9.39 Å². The Morgan fingerprint density at radius 1 is 1.40 bits per heavy atom. The maximum atomic E-state index is 11.6. The zero-order chi connectivity index (χ0) is 18.9. The molecule has 140 valence electrons. The van der Waals surface area contributed by atoms with Gasteiger partial charge in [0, 0.05) is 12.7 Å². The van der Waals surface area contributed by atoms with Crippen molar-refractivity contribution in [3.63, 3.8) is 0 Å². The van der Waals surface area contributed by atoms with Crippen molar-refractivity contribution in [3.8, 4) is 5.75 Å². The highest BCUT2D eigenvalue weighted by atomic mass is 32.5. The van der Waals surface area contributed by atoms with Crippen LogP contribution < -0.4 is 9.84 Å². The number of rotatable bonds is 8. The molecule has 1 aromatic rings. The highest BCUT2D eigenvalue weighted by Gasteiger charge is 2.26. The van der Waals surface area contributed by atoms with E-state index >= 15 is 0 Å². The second kappa shape index (κ2) is 11.1. The van der Waals surface area contributed by atoms with Crippen molar-refractivity contribution < 1.29 is 14.2 Å². The third-order valence-corrected chi connectivity index (χ3v) is 8.48. The minimum Gasteiger partial charge on any atom is -0.453 e. The van der Waals surface area contributed by atoms with E-state index in [-0.39, 0.29) is 6.04 Å². The largest absolute Gasteiger partial charge is 0.453 e. The highest BCUT2D eigenvalue weighted by molar-refractivity contribution is 8.17. The van der Waals surface area contributed by atoms with Gasteiger partial charge in [0.2, 0.25) is 0 Å². The maximum Gasteiger partial charge on any atom is 0.434 e. The van der Waals surface area contributed by atoms with E-state index in [2.05, 4.69) is 10.5 Å². The summed E-state index contributed by atoms with van der Waals surface area (Å²) in [5.74, 6) is 1.06. The molecule has 1 aromatic carbocycles. The summed E-state index contributed by atoms with van der Waals surface area (Å²) in [7, 11) is 0. The topological polar surface area (TPSA) is 63.2 Å². The first-order valence-electron chi connectivity index (χ1n) is 7.54. The van der Waals surface area contributed by atoms with Gasteiger partial charge in [-0.25, -0.2) is 4.79 Å². The Morgan fingerprint density at radius 3 is 2.60 bits per heavy atom. The second-order valence-corrected chi connectivity index (χ2v) is 11.7. The third kappa shape index (κ3) is 8.46. The average Bonchev–Trinajstić information content (AvgIpc) is 2.56. The Labute approximate surface area is 163 Å². The van der Waals surface area contributed by atoms with Gasteiger partial charge in [0.05, 0.1) is 5.88 Å². The zero-order valence-electron chi connectivity index (χ0n) is 15.0. The molecule has 0 aliphatic carbocycles. The first kappa shape index (κ1) is 22.3. The molecule has 25 heavy (non-hydrogen) atoms. The molecule has 1 amide bonds. The van der Waals surface area contributed by atoms with Crippen LogP contribution in [0.3, 0.4) is 0 Å².